The number of ether oxygens (including phenoxy) is 1. The third-order valence-electron chi connectivity index (χ3n) is 4.63. The molecule has 0 saturated heterocycles. The van der Waals surface area contributed by atoms with E-state index in [9.17, 15) is 0 Å². The first-order chi connectivity index (χ1) is 12.2. The average molecular weight is 337 g/mol. The number of nitrogens with one attached hydrogen (secondary N) is 1. The van der Waals surface area contributed by atoms with Gasteiger partial charge in [-0.05, 0) is 60.6 Å². The number of aryl methyl sites for hydroxylation is 1. The Labute approximate surface area is 150 Å². The number of benzene rings is 2. The summed E-state index contributed by atoms with van der Waals surface area (Å²) < 4.78 is 5.69. The molecule has 3 rings (SSSR count). The van der Waals surface area contributed by atoms with Gasteiger partial charge in [-0.15, -0.1) is 0 Å². The van der Waals surface area contributed by atoms with Crippen LogP contribution in [-0.2, 0) is 13.0 Å². The van der Waals surface area contributed by atoms with Crippen LogP contribution >= 0.6 is 0 Å². The van der Waals surface area contributed by atoms with Gasteiger partial charge in [0.25, 0.3) is 0 Å². The van der Waals surface area contributed by atoms with Gasteiger partial charge >= 0.3 is 0 Å². The van der Waals surface area contributed by atoms with Crippen LogP contribution in [0.25, 0.3) is 11.1 Å². The van der Waals surface area contributed by atoms with Gasteiger partial charge in [0.2, 0.25) is 0 Å². The van der Waals surface area contributed by atoms with Crippen molar-refractivity contribution in [3.8, 4) is 16.9 Å². The first kappa shape index (κ1) is 17.3. The van der Waals surface area contributed by atoms with E-state index < -0.39 is 0 Å². The quantitative estimate of drug-likeness (QED) is 0.643. The second kappa shape index (κ2) is 8.06. The highest BCUT2D eigenvalue weighted by Crippen LogP contribution is 2.30. The molecule has 1 aliphatic rings. The third kappa shape index (κ3) is 4.53. The molecule has 0 aliphatic carbocycles. The van der Waals surface area contributed by atoms with E-state index in [0.29, 0.717) is 18.5 Å². The predicted molar refractivity (Wildman–Crippen MR) is 104 cm³/mol. The summed E-state index contributed by atoms with van der Waals surface area (Å²) in [5.74, 6) is 1.54. The van der Waals surface area contributed by atoms with Crippen LogP contribution in [0.15, 0.2) is 47.5 Å². The monoisotopic (exact) mass is 337 g/mol. The molecule has 1 heterocycles. The fraction of sp³-hybridized carbons (Fsp3) is 0.381. The van der Waals surface area contributed by atoms with E-state index in [2.05, 4.69) is 66.6 Å². The summed E-state index contributed by atoms with van der Waals surface area (Å²) in [6, 6.07) is 15.3. The number of hydrogen-bond acceptors (Lipinski definition) is 2. The molecule has 4 nitrogen and oxygen atoms in total. The number of nitrogens with two attached hydrogens (primary N) is 1. The van der Waals surface area contributed by atoms with Gasteiger partial charge in [0, 0.05) is 6.04 Å². The third-order valence-corrected chi connectivity index (χ3v) is 4.63. The van der Waals surface area contributed by atoms with E-state index in [4.69, 9.17) is 10.5 Å². The summed E-state index contributed by atoms with van der Waals surface area (Å²) >= 11 is 0. The maximum atomic E-state index is 5.91. The van der Waals surface area contributed by atoms with E-state index in [-0.39, 0.29) is 0 Å². The Morgan fingerprint density at radius 2 is 1.96 bits per heavy atom. The first-order valence-electron chi connectivity index (χ1n) is 9.07. The highest BCUT2D eigenvalue weighted by Gasteiger charge is 2.11. The van der Waals surface area contributed by atoms with Gasteiger partial charge in [-0.25, -0.2) is 4.99 Å². The summed E-state index contributed by atoms with van der Waals surface area (Å²) in [7, 11) is 0. The largest absolute Gasteiger partial charge is 0.493 e. The summed E-state index contributed by atoms with van der Waals surface area (Å²) in [4.78, 5) is 4.41. The van der Waals surface area contributed by atoms with Gasteiger partial charge in [0.1, 0.15) is 5.75 Å². The van der Waals surface area contributed by atoms with Crippen LogP contribution < -0.4 is 15.8 Å². The maximum absolute atomic E-state index is 5.91. The van der Waals surface area contributed by atoms with Crippen molar-refractivity contribution in [1.29, 1.82) is 0 Å². The second-order valence-corrected chi connectivity index (χ2v) is 6.63. The van der Waals surface area contributed by atoms with Gasteiger partial charge in [0.05, 0.1) is 13.2 Å². The molecule has 1 unspecified atom stereocenters. The zero-order valence-electron chi connectivity index (χ0n) is 15.1. The van der Waals surface area contributed by atoms with Gasteiger partial charge < -0.3 is 15.8 Å². The molecular formula is C21H27N3O. The Balaban J connectivity index is 1.67. The molecule has 3 N–H and O–H groups in total. The molecule has 0 amide bonds. The lowest BCUT2D eigenvalue weighted by Crippen LogP contribution is -2.38. The summed E-state index contributed by atoms with van der Waals surface area (Å²) in [6.07, 6.45) is 3.22. The van der Waals surface area contributed by atoms with Crippen LogP contribution in [0.2, 0.25) is 0 Å². The molecule has 0 fully saturated rings. The molecule has 0 saturated carbocycles. The van der Waals surface area contributed by atoms with E-state index in [1.807, 2.05) is 0 Å². The Morgan fingerprint density at radius 1 is 1.20 bits per heavy atom. The van der Waals surface area contributed by atoms with Gasteiger partial charge in [0.15, 0.2) is 5.96 Å². The Bertz CT molecular complexity index is 737. The lowest BCUT2D eigenvalue weighted by Gasteiger charge is -2.18. The van der Waals surface area contributed by atoms with E-state index in [1.54, 1.807) is 0 Å². The van der Waals surface area contributed by atoms with Crippen molar-refractivity contribution in [2.45, 2.75) is 45.7 Å². The number of guanidine groups is 1. The van der Waals surface area contributed by atoms with E-state index in [0.717, 1.165) is 37.2 Å². The van der Waals surface area contributed by atoms with Crippen molar-refractivity contribution in [2.75, 3.05) is 6.61 Å². The Hall–Kier alpha value is -2.49. The molecule has 25 heavy (non-hydrogen) atoms. The fourth-order valence-corrected chi connectivity index (χ4v) is 2.92. The predicted octanol–water partition coefficient (Wildman–Crippen LogP) is 3.88. The van der Waals surface area contributed by atoms with Crippen molar-refractivity contribution in [1.82, 2.24) is 5.32 Å². The second-order valence-electron chi connectivity index (χ2n) is 6.63. The van der Waals surface area contributed by atoms with Gasteiger partial charge in [-0.1, -0.05) is 37.3 Å². The zero-order valence-corrected chi connectivity index (χ0v) is 15.1. The normalized spacial score (nSPS) is 15.2. The van der Waals surface area contributed by atoms with Crippen LogP contribution in [0.1, 0.15) is 37.8 Å². The van der Waals surface area contributed by atoms with Crippen molar-refractivity contribution < 1.29 is 4.74 Å². The minimum Gasteiger partial charge on any atom is -0.493 e. The van der Waals surface area contributed by atoms with Crippen molar-refractivity contribution in [3.63, 3.8) is 0 Å². The van der Waals surface area contributed by atoms with Crippen LogP contribution in [-0.4, -0.2) is 18.6 Å². The number of hydrogen-bond donors (Lipinski definition) is 2. The first-order valence-corrected chi connectivity index (χ1v) is 9.07. The van der Waals surface area contributed by atoms with Crippen LogP contribution in [0.3, 0.4) is 0 Å². The molecule has 0 aromatic heterocycles. The summed E-state index contributed by atoms with van der Waals surface area (Å²) in [5.41, 5.74) is 10.8. The van der Waals surface area contributed by atoms with Gasteiger partial charge in [-0.3, -0.25) is 0 Å². The summed E-state index contributed by atoms with van der Waals surface area (Å²) in [5, 5.41) is 3.18. The molecule has 0 bridgehead atoms. The summed E-state index contributed by atoms with van der Waals surface area (Å²) in [6.45, 7) is 5.64. The van der Waals surface area contributed by atoms with Crippen LogP contribution in [0, 0.1) is 0 Å². The Kier molecular flexibility index (Phi) is 5.59. The lowest BCUT2D eigenvalue weighted by molar-refractivity contribution is 0.288. The molecule has 2 aromatic carbocycles. The molecule has 2 aromatic rings. The minimum atomic E-state index is 0.346. The number of fused-ring (bicyclic) bond motifs is 1. The molecule has 4 heteroatoms. The highest BCUT2D eigenvalue weighted by atomic mass is 16.5. The molecular weight excluding hydrogens is 310 g/mol. The van der Waals surface area contributed by atoms with Crippen molar-refractivity contribution >= 4 is 5.96 Å². The topological polar surface area (TPSA) is 59.6 Å². The van der Waals surface area contributed by atoms with Gasteiger partial charge in [-0.2, -0.15) is 0 Å². The number of rotatable bonds is 5. The minimum absolute atomic E-state index is 0.346. The fourth-order valence-electron chi connectivity index (χ4n) is 2.92. The van der Waals surface area contributed by atoms with Crippen molar-refractivity contribution in [2.24, 2.45) is 10.7 Å². The van der Waals surface area contributed by atoms with Crippen LogP contribution in [0.4, 0.5) is 0 Å². The molecule has 132 valence electrons. The van der Waals surface area contributed by atoms with E-state index in [1.165, 1.54) is 16.7 Å². The lowest BCUT2D eigenvalue weighted by atomic mass is 9.98. The zero-order chi connectivity index (χ0) is 17.6. The standard InChI is InChI=1S/C21H27N3O/c1-3-15(2)24-21(22)23-14-16-6-8-17(9-7-16)18-10-11-20-19(13-18)5-4-12-25-20/h6-11,13,15H,3-5,12,14H2,1-2H3,(H3,22,23,24). The van der Waals surface area contributed by atoms with Crippen molar-refractivity contribution in [3.05, 3.63) is 53.6 Å². The number of nitrogens with zero attached hydrogens (tertiary/aromatic N) is 1. The van der Waals surface area contributed by atoms with E-state index >= 15 is 0 Å². The molecule has 1 aliphatic heterocycles. The Morgan fingerprint density at radius 3 is 2.72 bits per heavy atom. The molecule has 1 atom stereocenters. The smallest absolute Gasteiger partial charge is 0.189 e. The highest BCUT2D eigenvalue weighted by molar-refractivity contribution is 5.78. The molecule has 0 radical (unpaired) electrons. The maximum Gasteiger partial charge on any atom is 0.189 e. The van der Waals surface area contributed by atoms with Crippen LogP contribution in [0.5, 0.6) is 5.75 Å². The average Bonchev–Trinajstić information content (AvgIpc) is 2.66. The number of aliphatic imine (C=N–C) groups is 1. The molecule has 0 spiro atoms. The SMILES string of the molecule is CCC(C)NC(N)=NCc1ccc(-c2ccc3c(c2)CCCO3)cc1.